The van der Waals surface area contributed by atoms with E-state index in [1.54, 1.807) is 19.1 Å². The Morgan fingerprint density at radius 3 is 2.09 bits per heavy atom. The lowest BCUT2D eigenvalue weighted by Gasteiger charge is -2.11. The number of hydrogen-bond donors (Lipinski definition) is 3. The molecule has 0 aromatic heterocycles. The van der Waals surface area contributed by atoms with E-state index in [1.807, 2.05) is 0 Å². The number of ether oxygens (including phenoxy) is 1. The van der Waals surface area contributed by atoms with Gasteiger partial charge < -0.3 is 4.74 Å². The highest BCUT2D eigenvalue weighted by Gasteiger charge is 2.17. The summed E-state index contributed by atoms with van der Waals surface area (Å²) in [7, 11) is -2.47. The van der Waals surface area contributed by atoms with Crippen molar-refractivity contribution in [2.75, 3.05) is 11.8 Å². The number of carbonyl (C=O) groups is 2. The van der Waals surface area contributed by atoms with Gasteiger partial charge >= 0.3 is 0 Å². The Bertz CT molecular complexity index is 1260. The molecule has 10 heteroatoms. The van der Waals surface area contributed by atoms with Gasteiger partial charge in [0.25, 0.3) is 21.8 Å². The minimum Gasteiger partial charge on any atom is -0.497 e. The summed E-state index contributed by atoms with van der Waals surface area (Å²) in [6.45, 7) is 1.56. The summed E-state index contributed by atoms with van der Waals surface area (Å²) < 4.78 is 46.4. The van der Waals surface area contributed by atoms with Crippen LogP contribution in [-0.4, -0.2) is 27.3 Å². The van der Waals surface area contributed by atoms with Crippen LogP contribution in [0.15, 0.2) is 71.6 Å². The number of amides is 2. The molecule has 0 atom stereocenters. The molecule has 3 N–H and O–H groups in total. The van der Waals surface area contributed by atoms with Crippen LogP contribution in [0.25, 0.3) is 0 Å². The van der Waals surface area contributed by atoms with E-state index in [0.29, 0.717) is 17.0 Å². The Kier molecular flexibility index (Phi) is 6.74. The SMILES string of the molecule is COc1ccc(NS(=O)(=O)c2cccc(C(=O)NNC(=O)c3ccc(C)c(F)c3)c2)cc1. The van der Waals surface area contributed by atoms with Gasteiger partial charge in [0.15, 0.2) is 0 Å². The summed E-state index contributed by atoms with van der Waals surface area (Å²) in [5.41, 5.74) is 5.07. The highest BCUT2D eigenvalue weighted by atomic mass is 32.2. The van der Waals surface area contributed by atoms with Gasteiger partial charge in [-0.1, -0.05) is 12.1 Å². The molecule has 0 aliphatic rings. The van der Waals surface area contributed by atoms with E-state index in [4.69, 9.17) is 4.74 Å². The van der Waals surface area contributed by atoms with Gasteiger partial charge in [0.1, 0.15) is 11.6 Å². The number of sulfonamides is 1. The number of halogens is 1. The zero-order valence-electron chi connectivity index (χ0n) is 17.2. The largest absolute Gasteiger partial charge is 0.497 e. The molecule has 0 fully saturated rings. The molecular formula is C22H20FN3O5S. The molecule has 0 bridgehead atoms. The fraction of sp³-hybridized carbons (Fsp3) is 0.0909. The summed E-state index contributed by atoms with van der Waals surface area (Å²) in [6.07, 6.45) is 0. The van der Waals surface area contributed by atoms with Gasteiger partial charge in [0, 0.05) is 16.8 Å². The summed E-state index contributed by atoms with van der Waals surface area (Å²) in [4.78, 5) is 24.3. The van der Waals surface area contributed by atoms with Crippen molar-refractivity contribution < 1.29 is 27.1 Å². The molecule has 0 saturated heterocycles. The second-order valence-electron chi connectivity index (χ2n) is 6.73. The molecule has 3 aromatic carbocycles. The number of hydrogen-bond acceptors (Lipinski definition) is 5. The van der Waals surface area contributed by atoms with Gasteiger partial charge in [0.05, 0.1) is 12.0 Å². The number of aryl methyl sites for hydroxylation is 1. The predicted molar refractivity (Wildman–Crippen MR) is 116 cm³/mol. The fourth-order valence-corrected chi connectivity index (χ4v) is 3.77. The molecule has 0 saturated carbocycles. The average molecular weight is 457 g/mol. The summed E-state index contributed by atoms with van der Waals surface area (Å²) >= 11 is 0. The van der Waals surface area contributed by atoms with E-state index < -0.39 is 27.7 Å². The molecule has 3 aromatic rings. The average Bonchev–Trinajstić information content (AvgIpc) is 2.79. The Labute approximate surface area is 184 Å². The second-order valence-corrected chi connectivity index (χ2v) is 8.42. The van der Waals surface area contributed by atoms with E-state index >= 15 is 0 Å². The second kappa shape index (κ2) is 9.48. The Morgan fingerprint density at radius 2 is 1.50 bits per heavy atom. The molecule has 0 radical (unpaired) electrons. The van der Waals surface area contributed by atoms with Crippen molar-refractivity contribution >= 4 is 27.5 Å². The van der Waals surface area contributed by atoms with E-state index in [2.05, 4.69) is 15.6 Å². The van der Waals surface area contributed by atoms with Crippen molar-refractivity contribution in [1.82, 2.24) is 10.9 Å². The summed E-state index contributed by atoms with van der Waals surface area (Å²) in [5.74, 6) is -1.44. The van der Waals surface area contributed by atoms with Crippen LogP contribution in [0, 0.1) is 12.7 Å². The van der Waals surface area contributed by atoms with Crippen LogP contribution in [-0.2, 0) is 10.0 Å². The van der Waals surface area contributed by atoms with Crippen molar-refractivity contribution in [1.29, 1.82) is 0 Å². The van der Waals surface area contributed by atoms with Gasteiger partial charge in [-0.05, 0) is 67.1 Å². The number of methoxy groups -OCH3 is 1. The number of rotatable bonds is 6. The maximum absolute atomic E-state index is 13.6. The minimum atomic E-state index is -3.97. The van der Waals surface area contributed by atoms with Crippen LogP contribution in [0.4, 0.5) is 10.1 Å². The van der Waals surface area contributed by atoms with Crippen LogP contribution in [0.2, 0.25) is 0 Å². The first kappa shape index (κ1) is 22.8. The molecule has 0 aliphatic carbocycles. The van der Waals surface area contributed by atoms with Gasteiger partial charge in [-0.2, -0.15) is 0 Å². The molecule has 166 valence electrons. The van der Waals surface area contributed by atoms with Crippen LogP contribution >= 0.6 is 0 Å². The number of nitrogens with one attached hydrogen (secondary N) is 3. The van der Waals surface area contributed by atoms with Crippen LogP contribution < -0.4 is 20.3 Å². The lowest BCUT2D eigenvalue weighted by Crippen LogP contribution is -2.41. The lowest BCUT2D eigenvalue weighted by molar-refractivity contribution is 0.0846. The molecule has 0 aliphatic heterocycles. The van der Waals surface area contributed by atoms with E-state index in [0.717, 1.165) is 6.07 Å². The smallest absolute Gasteiger partial charge is 0.269 e. The minimum absolute atomic E-state index is 0.00186. The Hall–Kier alpha value is -3.92. The van der Waals surface area contributed by atoms with Crippen molar-refractivity contribution in [3.8, 4) is 5.75 Å². The van der Waals surface area contributed by atoms with Crippen molar-refractivity contribution in [2.45, 2.75) is 11.8 Å². The standard InChI is InChI=1S/C22H20FN3O5S/c1-14-6-7-16(13-20(14)23)22(28)25-24-21(27)15-4-3-5-19(12-15)32(29,30)26-17-8-10-18(31-2)11-9-17/h3-13,26H,1-2H3,(H,24,27)(H,25,28). The van der Waals surface area contributed by atoms with Crippen molar-refractivity contribution in [3.05, 3.63) is 89.2 Å². The first-order valence-electron chi connectivity index (χ1n) is 9.33. The van der Waals surface area contributed by atoms with Gasteiger partial charge in [-0.25, -0.2) is 12.8 Å². The predicted octanol–water partition coefficient (Wildman–Crippen LogP) is 3.02. The number of hydrazine groups is 1. The molecule has 0 heterocycles. The summed E-state index contributed by atoms with van der Waals surface area (Å²) in [5, 5.41) is 0. The third-order valence-electron chi connectivity index (χ3n) is 4.47. The third kappa shape index (κ3) is 5.41. The van der Waals surface area contributed by atoms with Crippen LogP contribution in [0.3, 0.4) is 0 Å². The number of carbonyl (C=O) groups excluding carboxylic acids is 2. The quantitative estimate of drug-likeness (QED) is 0.493. The zero-order valence-corrected chi connectivity index (χ0v) is 18.0. The van der Waals surface area contributed by atoms with E-state index in [9.17, 15) is 22.4 Å². The first-order valence-corrected chi connectivity index (χ1v) is 10.8. The van der Waals surface area contributed by atoms with Crippen molar-refractivity contribution in [2.24, 2.45) is 0 Å². The van der Waals surface area contributed by atoms with E-state index in [1.165, 1.54) is 55.6 Å². The third-order valence-corrected chi connectivity index (χ3v) is 5.85. The van der Waals surface area contributed by atoms with Gasteiger partial charge in [-0.3, -0.25) is 25.2 Å². The normalized spacial score (nSPS) is 10.8. The molecule has 32 heavy (non-hydrogen) atoms. The van der Waals surface area contributed by atoms with E-state index in [-0.39, 0.29) is 16.0 Å². The van der Waals surface area contributed by atoms with Crippen LogP contribution in [0.5, 0.6) is 5.75 Å². The number of benzene rings is 3. The molecule has 2 amide bonds. The maximum Gasteiger partial charge on any atom is 0.269 e. The zero-order chi connectivity index (χ0) is 23.3. The van der Waals surface area contributed by atoms with Gasteiger partial charge in [0.2, 0.25) is 0 Å². The monoisotopic (exact) mass is 457 g/mol. The first-order chi connectivity index (χ1) is 15.2. The number of anilines is 1. The molecule has 0 unspecified atom stereocenters. The van der Waals surface area contributed by atoms with Crippen LogP contribution in [0.1, 0.15) is 26.3 Å². The van der Waals surface area contributed by atoms with Crippen molar-refractivity contribution in [3.63, 3.8) is 0 Å². The summed E-state index contributed by atoms with van der Waals surface area (Å²) in [6, 6.07) is 15.5. The maximum atomic E-state index is 13.6. The Balaban J connectivity index is 1.69. The molecule has 0 spiro atoms. The highest BCUT2D eigenvalue weighted by Crippen LogP contribution is 2.20. The highest BCUT2D eigenvalue weighted by molar-refractivity contribution is 7.92. The molecule has 3 rings (SSSR count). The topological polar surface area (TPSA) is 114 Å². The molecular weight excluding hydrogens is 437 g/mol. The fourth-order valence-electron chi connectivity index (χ4n) is 2.67. The molecule has 8 nitrogen and oxygen atoms in total. The van der Waals surface area contributed by atoms with Gasteiger partial charge in [-0.15, -0.1) is 0 Å². The lowest BCUT2D eigenvalue weighted by atomic mass is 10.1. The Morgan fingerprint density at radius 1 is 0.875 bits per heavy atom.